The summed E-state index contributed by atoms with van der Waals surface area (Å²) in [6.07, 6.45) is 2.19. The molecule has 0 radical (unpaired) electrons. The minimum atomic E-state index is -0.325. The molecule has 4 nitrogen and oxygen atoms in total. The summed E-state index contributed by atoms with van der Waals surface area (Å²) in [5.74, 6) is 0.0350. The summed E-state index contributed by atoms with van der Waals surface area (Å²) in [6.45, 7) is 2.10. The standard InChI is InChI=1S/C13H17Cl2N3O/c1-2-3-9-7-12(19)18-13(16-9)17-11-6-8(14)4-5-10(11)15/h4-6,9,13,16-17H,2-3,7H2,1H3,(H,18,19). The van der Waals surface area contributed by atoms with Crippen LogP contribution in [0.25, 0.3) is 0 Å². The average molecular weight is 302 g/mol. The Bertz CT molecular complexity index is 467. The lowest BCUT2D eigenvalue weighted by molar-refractivity contribution is -0.124. The van der Waals surface area contributed by atoms with Crippen LogP contribution in [-0.2, 0) is 4.79 Å². The molecular formula is C13H17Cl2N3O. The van der Waals surface area contributed by atoms with Crippen LogP contribution in [0.3, 0.4) is 0 Å². The highest BCUT2D eigenvalue weighted by Crippen LogP contribution is 2.26. The maximum Gasteiger partial charge on any atom is 0.224 e. The summed E-state index contributed by atoms with van der Waals surface area (Å²) in [5, 5.41) is 10.5. The second-order valence-electron chi connectivity index (χ2n) is 4.63. The molecule has 2 unspecified atom stereocenters. The minimum absolute atomic E-state index is 0.0350. The normalized spacial score (nSPS) is 23.0. The molecule has 104 valence electrons. The van der Waals surface area contributed by atoms with Crippen LogP contribution in [0.1, 0.15) is 26.2 Å². The van der Waals surface area contributed by atoms with Crippen LogP contribution >= 0.6 is 23.2 Å². The summed E-state index contributed by atoms with van der Waals surface area (Å²) in [6, 6.07) is 5.37. The Morgan fingerprint density at radius 3 is 2.95 bits per heavy atom. The first-order chi connectivity index (χ1) is 9.08. The zero-order valence-electron chi connectivity index (χ0n) is 10.7. The van der Waals surface area contributed by atoms with Crippen molar-refractivity contribution in [3.05, 3.63) is 28.2 Å². The van der Waals surface area contributed by atoms with Crippen LogP contribution in [0.15, 0.2) is 18.2 Å². The molecule has 3 N–H and O–H groups in total. The van der Waals surface area contributed by atoms with Crippen LogP contribution in [0.5, 0.6) is 0 Å². The number of halogens is 2. The molecule has 1 aromatic rings. The maximum atomic E-state index is 11.7. The van der Waals surface area contributed by atoms with Gasteiger partial charge in [0.25, 0.3) is 0 Å². The molecule has 19 heavy (non-hydrogen) atoms. The first-order valence-electron chi connectivity index (χ1n) is 6.35. The minimum Gasteiger partial charge on any atom is -0.352 e. The fourth-order valence-corrected chi connectivity index (χ4v) is 2.50. The molecule has 1 fully saturated rings. The van der Waals surface area contributed by atoms with Crippen molar-refractivity contribution in [2.24, 2.45) is 0 Å². The molecule has 2 rings (SSSR count). The fraction of sp³-hybridized carbons (Fsp3) is 0.462. The molecule has 1 amide bonds. The summed E-state index contributed by atoms with van der Waals surface area (Å²) >= 11 is 12.0. The second-order valence-corrected chi connectivity index (χ2v) is 5.47. The van der Waals surface area contributed by atoms with Crippen LogP contribution in [0.4, 0.5) is 5.69 Å². The van der Waals surface area contributed by atoms with Crippen molar-refractivity contribution in [2.75, 3.05) is 5.32 Å². The monoisotopic (exact) mass is 301 g/mol. The molecule has 1 heterocycles. The van der Waals surface area contributed by atoms with Gasteiger partial charge >= 0.3 is 0 Å². The number of benzene rings is 1. The SMILES string of the molecule is CCCC1CC(=O)NC(Nc2cc(Cl)ccc2Cl)N1. The van der Waals surface area contributed by atoms with Gasteiger partial charge in [0, 0.05) is 17.5 Å². The van der Waals surface area contributed by atoms with Crippen LogP contribution in [0.2, 0.25) is 10.0 Å². The van der Waals surface area contributed by atoms with Crippen LogP contribution in [-0.4, -0.2) is 18.2 Å². The van der Waals surface area contributed by atoms with Crippen LogP contribution < -0.4 is 16.0 Å². The van der Waals surface area contributed by atoms with E-state index in [0.717, 1.165) is 12.8 Å². The van der Waals surface area contributed by atoms with Crippen LogP contribution in [0, 0.1) is 0 Å². The second kappa shape index (κ2) is 6.46. The topological polar surface area (TPSA) is 53.2 Å². The van der Waals surface area contributed by atoms with E-state index in [1.165, 1.54) is 0 Å². The molecule has 1 aliphatic heterocycles. The van der Waals surface area contributed by atoms with Crippen molar-refractivity contribution in [1.29, 1.82) is 0 Å². The Morgan fingerprint density at radius 1 is 1.42 bits per heavy atom. The van der Waals surface area contributed by atoms with E-state index in [1.54, 1.807) is 18.2 Å². The predicted octanol–water partition coefficient (Wildman–Crippen LogP) is 2.97. The number of hydrogen-bond acceptors (Lipinski definition) is 3. The third kappa shape index (κ3) is 4.00. The highest BCUT2D eigenvalue weighted by molar-refractivity contribution is 6.35. The first kappa shape index (κ1) is 14.4. The summed E-state index contributed by atoms with van der Waals surface area (Å²) in [7, 11) is 0. The molecule has 1 aromatic carbocycles. The largest absolute Gasteiger partial charge is 0.352 e. The van der Waals surface area contributed by atoms with Crippen molar-refractivity contribution < 1.29 is 4.79 Å². The molecule has 0 aromatic heterocycles. The van der Waals surface area contributed by atoms with E-state index in [-0.39, 0.29) is 18.2 Å². The molecule has 1 saturated heterocycles. The lowest BCUT2D eigenvalue weighted by Gasteiger charge is -2.32. The van der Waals surface area contributed by atoms with Gasteiger partial charge in [-0.1, -0.05) is 36.5 Å². The quantitative estimate of drug-likeness (QED) is 0.801. The van der Waals surface area contributed by atoms with Gasteiger partial charge in [-0.2, -0.15) is 0 Å². The van der Waals surface area contributed by atoms with E-state index in [2.05, 4.69) is 22.9 Å². The van der Waals surface area contributed by atoms with E-state index < -0.39 is 0 Å². The maximum absolute atomic E-state index is 11.7. The van der Waals surface area contributed by atoms with E-state index in [4.69, 9.17) is 23.2 Å². The highest BCUT2D eigenvalue weighted by atomic mass is 35.5. The van der Waals surface area contributed by atoms with E-state index >= 15 is 0 Å². The lowest BCUT2D eigenvalue weighted by Crippen LogP contribution is -2.59. The number of rotatable bonds is 4. The molecule has 0 bridgehead atoms. The van der Waals surface area contributed by atoms with E-state index in [1.807, 2.05) is 0 Å². The molecule has 1 aliphatic rings. The molecule has 6 heteroatoms. The summed E-state index contributed by atoms with van der Waals surface area (Å²) in [4.78, 5) is 11.7. The Morgan fingerprint density at radius 2 is 2.21 bits per heavy atom. The first-order valence-corrected chi connectivity index (χ1v) is 7.11. The number of anilines is 1. The number of amides is 1. The lowest BCUT2D eigenvalue weighted by atomic mass is 10.1. The van der Waals surface area contributed by atoms with Crippen molar-refractivity contribution in [3.8, 4) is 0 Å². The molecule has 0 saturated carbocycles. The predicted molar refractivity (Wildman–Crippen MR) is 78.5 cm³/mol. The number of carbonyl (C=O) groups excluding carboxylic acids is 1. The van der Waals surface area contributed by atoms with Gasteiger partial charge in [-0.3, -0.25) is 10.1 Å². The van der Waals surface area contributed by atoms with Gasteiger partial charge in [0.05, 0.1) is 10.7 Å². The fourth-order valence-electron chi connectivity index (χ4n) is 2.16. The Labute approximate surface area is 122 Å². The molecular weight excluding hydrogens is 285 g/mol. The zero-order chi connectivity index (χ0) is 13.8. The Balaban J connectivity index is 2.05. The third-order valence-electron chi connectivity index (χ3n) is 3.00. The van der Waals surface area contributed by atoms with Gasteiger partial charge in [-0.25, -0.2) is 0 Å². The van der Waals surface area contributed by atoms with Gasteiger partial charge in [-0.05, 0) is 24.6 Å². The highest BCUT2D eigenvalue weighted by Gasteiger charge is 2.25. The summed E-state index contributed by atoms with van der Waals surface area (Å²) in [5.41, 5.74) is 0.698. The zero-order valence-corrected chi connectivity index (χ0v) is 12.2. The molecule has 2 atom stereocenters. The smallest absolute Gasteiger partial charge is 0.224 e. The van der Waals surface area contributed by atoms with E-state index in [0.29, 0.717) is 22.2 Å². The van der Waals surface area contributed by atoms with Gasteiger partial charge in [0.15, 0.2) is 6.29 Å². The Kier molecular flexibility index (Phi) is 4.91. The Hall–Kier alpha value is -0.970. The van der Waals surface area contributed by atoms with Gasteiger partial charge in [0.1, 0.15) is 0 Å². The van der Waals surface area contributed by atoms with Crippen molar-refractivity contribution in [1.82, 2.24) is 10.6 Å². The summed E-state index contributed by atoms with van der Waals surface area (Å²) < 4.78 is 0. The van der Waals surface area contributed by atoms with Crippen molar-refractivity contribution in [2.45, 2.75) is 38.5 Å². The van der Waals surface area contributed by atoms with Gasteiger partial charge < -0.3 is 10.6 Å². The number of hydrogen-bond donors (Lipinski definition) is 3. The van der Waals surface area contributed by atoms with Crippen molar-refractivity contribution >= 4 is 34.8 Å². The van der Waals surface area contributed by atoms with Gasteiger partial charge in [0.2, 0.25) is 5.91 Å². The molecule has 0 aliphatic carbocycles. The van der Waals surface area contributed by atoms with E-state index in [9.17, 15) is 4.79 Å². The van der Waals surface area contributed by atoms with Gasteiger partial charge in [-0.15, -0.1) is 0 Å². The average Bonchev–Trinajstić information content (AvgIpc) is 2.33. The van der Waals surface area contributed by atoms with Crippen molar-refractivity contribution in [3.63, 3.8) is 0 Å². The third-order valence-corrected chi connectivity index (χ3v) is 3.57. The molecule has 0 spiro atoms. The number of carbonyl (C=O) groups is 1. The number of nitrogens with one attached hydrogen (secondary N) is 3.